The number of nitrogens with two attached hydrogens (primary N) is 1. The molecule has 1 atom stereocenters. The van der Waals surface area contributed by atoms with Gasteiger partial charge in [-0.1, -0.05) is 19.8 Å². The first-order valence-corrected chi connectivity index (χ1v) is 5.30. The first-order valence-electron chi connectivity index (χ1n) is 5.30. The minimum absolute atomic E-state index is 0.246. The summed E-state index contributed by atoms with van der Waals surface area (Å²) in [5, 5.41) is 4.23. The van der Waals surface area contributed by atoms with Gasteiger partial charge in [0.15, 0.2) is 0 Å². The lowest BCUT2D eigenvalue weighted by Gasteiger charge is -2.12. The average Bonchev–Trinajstić information content (AvgIpc) is 2.68. The highest BCUT2D eigenvalue weighted by Gasteiger charge is 2.10. The summed E-state index contributed by atoms with van der Waals surface area (Å²) in [6.45, 7) is 5.17. The predicted molar refractivity (Wildman–Crippen MR) is 57.5 cm³/mol. The molecule has 1 unspecified atom stereocenters. The van der Waals surface area contributed by atoms with Crippen LogP contribution in [0, 0.1) is 0 Å². The largest absolute Gasteiger partial charge is 0.273 e. The first-order chi connectivity index (χ1) is 6.81. The van der Waals surface area contributed by atoms with Gasteiger partial charge in [-0.05, 0) is 13.3 Å². The summed E-state index contributed by atoms with van der Waals surface area (Å²) in [5.74, 6) is 5.51. The molecule has 0 spiro atoms. The van der Waals surface area contributed by atoms with Gasteiger partial charge in [-0.25, -0.2) is 0 Å². The quantitative estimate of drug-likeness (QED) is 0.536. The van der Waals surface area contributed by atoms with Gasteiger partial charge < -0.3 is 0 Å². The van der Waals surface area contributed by atoms with Crippen LogP contribution >= 0.6 is 0 Å². The summed E-state index contributed by atoms with van der Waals surface area (Å²) in [4.78, 5) is 0. The summed E-state index contributed by atoms with van der Waals surface area (Å²) in [6, 6.07) is 0.246. The second-order valence-corrected chi connectivity index (χ2v) is 3.49. The van der Waals surface area contributed by atoms with E-state index in [0.29, 0.717) is 0 Å². The van der Waals surface area contributed by atoms with E-state index in [9.17, 15) is 0 Å². The van der Waals surface area contributed by atoms with Gasteiger partial charge in [0, 0.05) is 24.3 Å². The molecule has 14 heavy (non-hydrogen) atoms. The second-order valence-electron chi connectivity index (χ2n) is 3.49. The molecule has 0 aliphatic carbocycles. The van der Waals surface area contributed by atoms with E-state index < -0.39 is 0 Å². The minimum Gasteiger partial charge on any atom is -0.273 e. The maximum atomic E-state index is 5.51. The summed E-state index contributed by atoms with van der Waals surface area (Å²) >= 11 is 0. The van der Waals surface area contributed by atoms with Crippen LogP contribution in [0.25, 0.3) is 0 Å². The molecule has 1 aromatic heterocycles. The van der Waals surface area contributed by atoms with Crippen molar-refractivity contribution in [3.63, 3.8) is 0 Å². The van der Waals surface area contributed by atoms with Gasteiger partial charge in [-0.3, -0.25) is 16.0 Å². The van der Waals surface area contributed by atoms with Gasteiger partial charge in [0.25, 0.3) is 0 Å². The number of nitrogens with zero attached hydrogens (tertiary/aromatic N) is 2. The molecule has 0 bridgehead atoms. The van der Waals surface area contributed by atoms with E-state index in [2.05, 4.69) is 30.6 Å². The van der Waals surface area contributed by atoms with E-state index in [1.54, 1.807) is 0 Å². The van der Waals surface area contributed by atoms with Crippen molar-refractivity contribution in [1.29, 1.82) is 0 Å². The molecule has 0 aliphatic heterocycles. The molecule has 0 fully saturated rings. The Morgan fingerprint density at radius 3 is 2.86 bits per heavy atom. The Kier molecular flexibility index (Phi) is 4.62. The van der Waals surface area contributed by atoms with Crippen molar-refractivity contribution in [2.45, 2.75) is 45.7 Å². The molecular formula is C10H20N4. The van der Waals surface area contributed by atoms with Crippen LogP contribution in [-0.2, 0) is 6.54 Å². The van der Waals surface area contributed by atoms with Crippen LogP contribution in [0.4, 0.5) is 0 Å². The molecule has 0 saturated heterocycles. The Hall–Kier alpha value is -0.870. The fourth-order valence-corrected chi connectivity index (χ4v) is 1.49. The van der Waals surface area contributed by atoms with Crippen molar-refractivity contribution in [3.05, 3.63) is 18.0 Å². The van der Waals surface area contributed by atoms with E-state index in [-0.39, 0.29) is 6.04 Å². The number of aryl methyl sites for hydroxylation is 1. The lowest BCUT2D eigenvalue weighted by Crippen LogP contribution is -2.27. The number of hydrogen-bond donors (Lipinski definition) is 2. The van der Waals surface area contributed by atoms with Gasteiger partial charge in [-0.15, -0.1) is 0 Å². The monoisotopic (exact) mass is 196 g/mol. The maximum Gasteiger partial charge on any atom is 0.0538 e. The Balaban J connectivity index is 2.58. The van der Waals surface area contributed by atoms with Crippen molar-refractivity contribution in [2.24, 2.45) is 5.84 Å². The smallest absolute Gasteiger partial charge is 0.0538 e. The van der Waals surface area contributed by atoms with E-state index in [0.717, 1.165) is 13.0 Å². The van der Waals surface area contributed by atoms with Crippen LogP contribution in [0.1, 0.15) is 44.7 Å². The third-order valence-corrected chi connectivity index (χ3v) is 2.43. The maximum absolute atomic E-state index is 5.51. The summed E-state index contributed by atoms with van der Waals surface area (Å²) in [7, 11) is 0. The molecule has 3 N–H and O–H groups in total. The molecule has 80 valence electrons. The highest BCUT2D eigenvalue weighted by molar-refractivity contribution is 5.09. The van der Waals surface area contributed by atoms with E-state index in [1.165, 1.54) is 18.4 Å². The summed E-state index contributed by atoms with van der Waals surface area (Å²) in [5.41, 5.74) is 4.02. The minimum atomic E-state index is 0.246. The number of hydrogen-bond acceptors (Lipinski definition) is 3. The fourth-order valence-electron chi connectivity index (χ4n) is 1.49. The molecule has 4 heteroatoms. The lowest BCUT2D eigenvalue weighted by molar-refractivity contribution is 0.494. The van der Waals surface area contributed by atoms with Crippen LogP contribution < -0.4 is 11.3 Å². The van der Waals surface area contributed by atoms with Gasteiger partial charge in [0.1, 0.15) is 0 Å². The molecular weight excluding hydrogens is 176 g/mol. The number of aromatic nitrogens is 2. The normalized spacial score (nSPS) is 13.1. The highest BCUT2D eigenvalue weighted by Crippen LogP contribution is 2.17. The number of nitrogens with one attached hydrogen (secondary N) is 1. The van der Waals surface area contributed by atoms with E-state index in [4.69, 9.17) is 5.84 Å². The van der Waals surface area contributed by atoms with Crippen molar-refractivity contribution >= 4 is 0 Å². The van der Waals surface area contributed by atoms with Gasteiger partial charge in [0.05, 0.1) is 6.20 Å². The topological polar surface area (TPSA) is 55.9 Å². The van der Waals surface area contributed by atoms with Gasteiger partial charge >= 0.3 is 0 Å². The molecule has 0 radical (unpaired) electrons. The zero-order valence-electron chi connectivity index (χ0n) is 9.03. The third-order valence-electron chi connectivity index (χ3n) is 2.43. The van der Waals surface area contributed by atoms with Crippen LogP contribution in [0.15, 0.2) is 12.4 Å². The lowest BCUT2D eigenvalue weighted by atomic mass is 10.1. The van der Waals surface area contributed by atoms with Crippen molar-refractivity contribution in [3.8, 4) is 0 Å². The van der Waals surface area contributed by atoms with Crippen molar-refractivity contribution in [2.75, 3.05) is 0 Å². The standard InChI is InChI=1S/C10H20N4/c1-3-5-6-10(13-11)9-7-12-14(4-2)8-9/h7-8,10,13H,3-6,11H2,1-2H3. The fraction of sp³-hybridized carbons (Fsp3) is 0.700. The number of hydrazine groups is 1. The Morgan fingerprint density at radius 2 is 2.36 bits per heavy atom. The van der Waals surface area contributed by atoms with Crippen LogP contribution in [0.5, 0.6) is 0 Å². The second kappa shape index (κ2) is 5.78. The van der Waals surface area contributed by atoms with E-state index in [1.807, 2.05) is 10.9 Å². The molecule has 1 heterocycles. The molecule has 0 saturated carbocycles. The van der Waals surface area contributed by atoms with Crippen LogP contribution in [0.3, 0.4) is 0 Å². The number of unbranched alkanes of at least 4 members (excludes halogenated alkanes) is 1. The van der Waals surface area contributed by atoms with Gasteiger partial charge in [0.2, 0.25) is 0 Å². The van der Waals surface area contributed by atoms with Crippen molar-refractivity contribution < 1.29 is 0 Å². The SMILES string of the molecule is CCCCC(NN)c1cnn(CC)c1. The third kappa shape index (κ3) is 2.82. The molecule has 4 nitrogen and oxygen atoms in total. The highest BCUT2D eigenvalue weighted by atomic mass is 15.3. The van der Waals surface area contributed by atoms with Crippen LogP contribution in [-0.4, -0.2) is 9.78 Å². The van der Waals surface area contributed by atoms with Gasteiger partial charge in [-0.2, -0.15) is 5.10 Å². The summed E-state index contributed by atoms with van der Waals surface area (Å²) in [6.07, 6.45) is 7.40. The zero-order valence-corrected chi connectivity index (χ0v) is 9.03. The van der Waals surface area contributed by atoms with Crippen LogP contribution in [0.2, 0.25) is 0 Å². The molecule has 0 amide bonds. The zero-order chi connectivity index (χ0) is 10.4. The van der Waals surface area contributed by atoms with E-state index >= 15 is 0 Å². The van der Waals surface area contributed by atoms with Crippen molar-refractivity contribution in [1.82, 2.24) is 15.2 Å². The molecule has 1 rings (SSSR count). The Morgan fingerprint density at radius 1 is 1.57 bits per heavy atom. The predicted octanol–water partition coefficient (Wildman–Crippen LogP) is 1.60. The summed E-state index contributed by atoms with van der Waals surface area (Å²) < 4.78 is 1.92. The average molecular weight is 196 g/mol. The molecule has 1 aromatic rings. The Labute approximate surface area is 85.5 Å². The molecule has 0 aliphatic rings. The molecule has 0 aromatic carbocycles. The first kappa shape index (κ1) is 11.2. The Bertz CT molecular complexity index is 256. The number of rotatable bonds is 6.